The van der Waals surface area contributed by atoms with Crippen molar-refractivity contribution in [3.8, 4) is 11.3 Å². The zero-order valence-electron chi connectivity index (χ0n) is 17.5. The van der Waals surface area contributed by atoms with Crippen molar-refractivity contribution in [1.29, 1.82) is 0 Å². The zero-order valence-corrected chi connectivity index (χ0v) is 17.5. The van der Waals surface area contributed by atoms with E-state index in [1.165, 1.54) is 70.0 Å². The van der Waals surface area contributed by atoms with Crippen LogP contribution in [0.5, 0.6) is 0 Å². The maximum Gasteiger partial charge on any atom is 0.220 e. The quantitative estimate of drug-likeness (QED) is 0.457. The van der Waals surface area contributed by atoms with E-state index < -0.39 is 0 Å². The molecule has 0 unspecified atom stereocenters. The first-order valence-electron chi connectivity index (χ1n) is 10.5. The highest BCUT2D eigenvalue weighted by atomic mass is 14.9. The van der Waals surface area contributed by atoms with Crippen LogP contribution >= 0.6 is 0 Å². The molecule has 0 bridgehead atoms. The predicted octanol–water partition coefficient (Wildman–Crippen LogP) is 6.73. The van der Waals surface area contributed by atoms with Gasteiger partial charge >= 0.3 is 0 Å². The highest BCUT2D eigenvalue weighted by Crippen LogP contribution is 2.37. The van der Waals surface area contributed by atoms with Crippen molar-refractivity contribution in [1.82, 2.24) is 0 Å². The van der Waals surface area contributed by atoms with Gasteiger partial charge < -0.3 is 0 Å². The van der Waals surface area contributed by atoms with Crippen LogP contribution in [0.1, 0.15) is 73.6 Å². The largest absolute Gasteiger partial charge is 0.220 e. The molecule has 0 aliphatic heterocycles. The summed E-state index contributed by atoms with van der Waals surface area (Å²) in [6, 6.07) is 14.3. The summed E-state index contributed by atoms with van der Waals surface area (Å²) in [6.07, 6.45) is 7.71. The summed E-state index contributed by atoms with van der Waals surface area (Å²) in [4.78, 5) is 0. The van der Waals surface area contributed by atoms with Gasteiger partial charge in [-0.05, 0) is 78.3 Å². The average Bonchev–Trinajstić information content (AvgIpc) is 3.18. The number of hydrogen-bond acceptors (Lipinski definition) is 0. The van der Waals surface area contributed by atoms with Crippen LogP contribution in [0, 0.1) is 13.8 Å². The maximum atomic E-state index is 2.45. The molecule has 1 aliphatic carbocycles. The lowest BCUT2D eigenvalue weighted by atomic mass is 9.89. The fourth-order valence-corrected chi connectivity index (χ4v) is 4.71. The summed E-state index contributed by atoms with van der Waals surface area (Å²) < 4.78 is 2.30. The number of aryl methyl sites for hydroxylation is 2. The standard InChI is InChI=1S/C26H32N/c1-17(2)23-14-18(3)19(4)25(16-23)26-24-11-10-21(20-8-6-7-9-20)15-22(24)12-13-27(26)5/h10-17,20H,6-9H2,1-5H3/q+1. The van der Waals surface area contributed by atoms with Crippen LogP contribution in [-0.2, 0) is 7.05 Å². The monoisotopic (exact) mass is 358 g/mol. The van der Waals surface area contributed by atoms with E-state index in [1.54, 1.807) is 0 Å². The first-order valence-corrected chi connectivity index (χ1v) is 10.5. The molecule has 0 N–H and O–H groups in total. The SMILES string of the molecule is Cc1cc(C(C)C)cc(-c2c3ccc(C4CCCC4)cc3cc[n+]2C)c1C. The molecule has 0 saturated heterocycles. The molecule has 1 aromatic heterocycles. The molecular formula is C26H32N+. The number of fused-ring (bicyclic) bond motifs is 1. The van der Waals surface area contributed by atoms with E-state index in [1.807, 2.05) is 0 Å². The Morgan fingerprint density at radius 2 is 1.70 bits per heavy atom. The maximum absolute atomic E-state index is 2.45. The second-order valence-corrected chi connectivity index (χ2v) is 8.77. The molecule has 1 heteroatoms. The molecule has 4 rings (SSSR count). The minimum Gasteiger partial charge on any atom is -0.200 e. The molecule has 0 spiro atoms. The van der Waals surface area contributed by atoms with Crippen LogP contribution in [0.4, 0.5) is 0 Å². The lowest BCUT2D eigenvalue weighted by Crippen LogP contribution is -2.31. The van der Waals surface area contributed by atoms with Gasteiger partial charge in [-0.25, -0.2) is 4.57 Å². The average molecular weight is 359 g/mol. The van der Waals surface area contributed by atoms with Gasteiger partial charge in [-0.1, -0.05) is 44.9 Å². The molecule has 0 amide bonds. The normalized spacial score (nSPS) is 15.2. The van der Waals surface area contributed by atoms with E-state index >= 15 is 0 Å². The molecule has 1 aliphatic rings. The van der Waals surface area contributed by atoms with Crippen LogP contribution in [0.15, 0.2) is 42.6 Å². The van der Waals surface area contributed by atoms with E-state index in [0.717, 1.165) is 5.92 Å². The summed E-state index contributed by atoms with van der Waals surface area (Å²) in [5.41, 5.74) is 8.45. The van der Waals surface area contributed by atoms with Crippen molar-refractivity contribution in [2.75, 3.05) is 0 Å². The molecule has 2 aromatic carbocycles. The van der Waals surface area contributed by atoms with Gasteiger partial charge in [-0.2, -0.15) is 0 Å². The third-order valence-electron chi connectivity index (χ3n) is 6.60. The first-order chi connectivity index (χ1) is 13.0. The second kappa shape index (κ2) is 7.11. The fraction of sp³-hybridized carbons (Fsp3) is 0.423. The van der Waals surface area contributed by atoms with Crippen molar-refractivity contribution < 1.29 is 4.57 Å². The number of aromatic nitrogens is 1. The minimum absolute atomic E-state index is 0.539. The molecule has 0 atom stereocenters. The zero-order chi connectivity index (χ0) is 19.1. The highest BCUT2D eigenvalue weighted by molar-refractivity contribution is 5.94. The number of benzene rings is 2. The molecule has 27 heavy (non-hydrogen) atoms. The Bertz CT molecular complexity index is 991. The van der Waals surface area contributed by atoms with Gasteiger partial charge in [0.25, 0.3) is 0 Å². The lowest BCUT2D eigenvalue weighted by Gasteiger charge is -2.15. The van der Waals surface area contributed by atoms with Crippen LogP contribution in [0.3, 0.4) is 0 Å². The van der Waals surface area contributed by atoms with Crippen molar-refractivity contribution >= 4 is 10.8 Å². The van der Waals surface area contributed by atoms with E-state index in [9.17, 15) is 0 Å². The Labute approximate surface area is 164 Å². The molecular weight excluding hydrogens is 326 g/mol. The predicted molar refractivity (Wildman–Crippen MR) is 115 cm³/mol. The van der Waals surface area contributed by atoms with E-state index in [2.05, 4.69) is 81.9 Å². The van der Waals surface area contributed by atoms with Gasteiger partial charge in [-0.15, -0.1) is 0 Å². The smallest absolute Gasteiger partial charge is 0.200 e. The summed E-state index contributed by atoms with van der Waals surface area (Å²) >= 11 is 0. The van der Waals surface area contributed by atoms with Gasteiger partial charge in [0.05, 0.1) is 10.9 Å². The third-order valence-corrected chi connectivity index (χ3v) is 6.60. The Balaban J connectivity index is 1.92. The number of hydrogen-bond donors (Lipinski definition) is 0. The van der Waals surface area contributed by atoms with Gasteiger partial charge in [0.15, 0.2) is 6.20 Å². The Morgan fingerprint density at radius 3 is 2.41 bits per heavy atom. The van der Waals surface area contributed by atoms with Crippen molar-refractivity contribution in [3.63, 3.8) is 0 Å². The molecule has 3 aromatic rings. The molecule has 1 saturated carbocycles. The summed E-state index contributed by atoms with van der Waals surface area (Å²) in [7, 11) is 2.18. The van der Waals surface area contributed by atoms with Crippen LogP contribution in [0.25, 0.3) is 22.0 Å². The molecule has 1 heterocycles. The van der Waals surface area contributed by atoms with Gasteiger partial charge in [0, 0.05) is 6.07 Å². The van der Waals surface area contributed by atoms with Crippen LogP contribution in [-0.4, -0.2) is 0 Å². The number of nitrogens with zero attached hydrogens (tertiary/aromatic N) is 1. The Morgan fingerprint density at radius 1 is 0.963 bits per heavy atom. The lowest BCUT2D eigenvalue weighted by molar-refractivity contribution is -0.659. The van der Waals surface area contributed by atoms with Crippen molar-refractivity contribution in [2.45, 2.75) is 65.2 Å². The number of pyridine rings is 1. The fourth-order valence-electron chi connectivity index (χ4n) is 4.71. The highest BCUT2D eigenvalue weighted by Gasteiger charge is 2.22. The molecule has 1 nitrogen and oxygen atoms in total. The van der Waals surface area contributed by atoms with Crippen molar-refractivity contribution in [2.24, 2.45) is 7.05 Å². The summed E-state index contributed by atoms with van der Waals surface area (Å²) in [5, 5.41) is 2.74. The number of rotatable bonds is 3. The Kier molecular flexibility index (Phi) is 4.80. The van der Waals surface area contributed by atoms with Gasteiger partial charge in [0.2, 0.25) is 5.69 Å². The second-order valence-electron chi connectivity index (χ2n) is 8.77. The minimum atomic E-state index is 0.539. The van der Waals surface area contributed by atoms with Crippen LogP contribution in [0.2, 0.25) is 0 Å². The third kappa shape index (κ3) is 3.29. The summed E-state index contributed by atoms with van der Waals surface area (Å²) in [5.74, 6) is 1.30. The topological polar surface area (TPSA) is 3.88 Å². The van der Waals surface area contributed by atoms with E-state index in [0.29, 0.717) is 5.92 Å². The van der Waals surface area contributed by atoms with E-state index in [-0.39, 0.29) is 0 Å². The Hall–Kier alpha value is -2.15. The van der Waals surface area contributed by atoms with Crippen LogP contribution < -0.4 is 4.57 Å². The molecule has 140 valence electrons. The van der Waals surface area contributed by atoms with Gasteiger partial charge in [-0.3, -0.25) is 0 Å². The van der Waals surface area contributed by atoms with Gasteiger partial charge in [0.1, 0.15) is 7.05 Å². The van der Waals surface area contributed by atoms with E-state index in [4.69, 9.17) is 0 Å². The molecule has 1 fully saturated rings. The molecule has 0 radical (unpaired) electrons. The summed E-state index contributed by atoms with van der Waals surface area (Å²) in [6.45, 7) is 9.07. The van der Waals surface area contributed by atoms with Crippen molar-refractivity contribution in [3.05, 3.63) is 64.8 Å². The first kappa shape index (κ1) is 18.2.